The topological polar surface area (TPSA) is 56.7 Å². The average molecular weight is 732 g/mol. The number of rotatable bonds is 6. The van der Waals surface area contributed by atoms with Gasteiger partial charge in [0.15, 0.2) is 17.5 Å². The maximum Gasteiger partial charge on any atom is 0.166 e. The molecule has 0 saturated heterocycles. The van der Waals surface area contributed by atoms with E-state index in [4.69, 9.17) is 34.4 Å². The van der Waals surface area contributed by atoms with Gasteiger partial charge >= 0.3 is 0 Å². The number of hydrogen-bond donors (Lipinski definition) is 0. The first-order valence-electron chi connectivity index (χ1n) is 25.1. The lowest BCUT2D eigenvalue weighted by molar-refractivity contribution is 0.669. The third-order valence-electron chi connectivity index (χ3n) is 9.60. The largest absolute Gasteiger partial charge is 0.456 e. The Morgan fingerprint density at radius 2 is 0.929 bits per heavy atom. The summed E-state index contributed by atoms with van der Waals surface area (Å²) in [5.41, 5.74) is 2.09. The molecule has 0 N–H and O–H groups in total. The van der Waals surface area contributed by atoms with Gasteiger partial charge in [-0.2, -0.15) is 0 Å². The zero-order valence-corrected chi connectivity index (χ0v) is 29.0. The summed E-state index contributed by atoms with van der Waals surface area (Å²) in [6, 6.07) is 22.3. The third-order valence-corrected chi connectivity index (χ3v) is 9.60. The van der Waals surface area contributed by atoms with Gasteiger partial charge in [-0.25, -0.2) is 15.0 Å². The number of benzene rings is 8. The van der Waals surface area contributed by atoms with Crippen molar-refractivity contribution in [1.82, 2.24) is 19.5 Å². The fourth-order valence-corrected chi connectivity index (χ4v) is 6.95. The standard InChI is InChI=1S/C51H32N4O/c1-3-13-33(14-4-1)34-23-25-36(26-24-34)50-52-49(35-15-5-2-6-16-35)53-51(54-50)42-29-27-38(37-28-30-48-43(31-37)41-19-9-12-22-47(41)56-48)32-46(42)55-44-20-10-7-17-39(44)40-18-8-11-21-45(40)55/h1-32H/i7D,8D,9D,10D,11D,12D,17D,18D,19D,20D,21D,22D,28D,30D,31D. The molecule has 0 amide bonds. The summed E-state index contributed by atoms with van der Waals surface area (Å²) in [6.45, 7) is 0. The van der Waals surface area contributed by atoms with Gasteiger partial charge in [-0.3, -0.25) is 0 Å². The molecular weight excluding hydrogens is 685 g/mol. The number of furan rings is 1. The normalized spacial score (nSPS) is 15.3. The Labute approximate surface area is 343 Å². The smallest absolute Gasteiger partial charge is 0.166 e. The second-order valence-electron chi connectivity index (χ2n) is 12.9. The van der Waals surface area contributed by atoms with Crippen LogP contribution in [0.25, 0.3) is 106 Å². The van der Waals surface area contributed by atoms with Crippen molar-refractivity contribution in [3.8, 4) is 62.1 Å². The summed E-state index contributed by atoms with van der Waals surface area (Å²) in [7, 11) is 0. The van der Waals surface area contributed by atoms with Crippen molar-refractivity contribution >= 4 is 43.7 Å². The summed E-state index contributed by atoms with van der Waals surface area (Å²) < 4.78 is 141. The molecule has 0 bridgehead atoms. The number of hydrogen-bond acceptors (Lipinski definition) is 4. The quantitative estimate of drug-likeness (QED) is 0.171. The van der Waals surface area contributed by atoms with Gasteiger partial charge in [-0.1, -0.05) is 151 Å². The second kappa shape index (κ2) is 13.0. The van der Waals surface area contributed by atoms with Crippen LogP contribution in [0.5, 0.6) is 0 Å². The molecule has 262 valence electrons. The van der Waals surface area contributed by atoms with Crippen LogP contribution in [0.4, 0.5) is 0 Å². The van der Waals surface area contributed by atoms with Crippen LogP contribution >= 0.6 is 0 Å². The Morgan fingerprint density at radius 3 is 1.62 bits per heavy atom. The van der Waals surface area contributed by atoms with E-state index in [2.05, 4.69) is 0 Å². The fraction of sp³-hybridized carbons (Fsp3) is 0. The molecule has 11 rings (SSSR count). The molecule has 56 heavy (non-hydrogen) atoms. The zero-order valence-electron chi connectivity index (χ0n) is 44.0. The van der Waals surface area contributed by atoms with Gasteiger partial charge in [0.25, 0.3) is 0 Å². The van der Waals surface area contributed by atoms with Gasteiger partial charge in [0.05, 0.1) is 37.3 Å². The molecule has 0 aliphatic heterocycles. The molecule has 0 fully saturated rings. The van der Waals surface area contributed by atoms with Gasteiger partial charge in [0.2, 0.25) is 0 Å². The molecule has 0 radical (unpaired) electrons. The molecule has 0 atom stereocenters. The van der Waals surface area contributed by atoms with E-state index in [1.165, 1.54) is 16.7 Å². The minimum Gasteiger partial charge on any atom is -0.456 e. The lowest BCUT2D eigenvalue weighted by Gasteiger charge is -2.16. The van der Waals surface area contributed by atoms with Crippen LogP contribution < -0.4 is 0 Å². The van der Waals surface area contributed by atoms with E-state index in [0.717, 1.165) is 11.1 Å². The molecule has 5 heteroatoms. The van der Waals surface area contributed by atoms with E-state index >= 15 is 0 Å². The average Bonchev–Trinajstić information content (AvgIpc) is 3.98. The van der Waals surface area contributed by atoms with Gasteiger partial charge < -0.3 is 8.98 Å². The van der Waals surface area contributed by atoms with Crippen molar-refractivity contribution in [2.24, 2.45) is 0 Å². The molecule has 0 aliphatic rings. The van der Waals surface area contributed by atoms with Crippen molar-refractivity contribution < 1.29 is 25.0 Å². The minimum atomic E-state index is -0.658. The molecule has 0 aliphatic carbocycles. The predicted molar refractivity (Wildman–Crippen MR) is 229 cm³/mol. The molecule has 0 spiro atoms. The highest BCUT2D eigenvalue weighted by Gasteiger charge is 2.21. The van der Waals surface area contributed by atoms with Crippen LogP contribution in [0.15, 0.2) is 198 Å². The Bertz CT molecular complexity index is 4030. The van der Waals surface area contributed by atoms with Gasteiger partial charge in [-0.05, 0) is 64.6 Å². The highest BCUT2D eigenvalue weighted by molar-refractivity contribution is 6.10. The van der Waals surface area contributed by atoms with Gasteiger partial charge in [-0.15, -0.1) is 0 Å². The number of fused-ring (bicyclic) bond motifs is 6. The van der Waals surface area contributed by atoms with Gasteiger partial charge in [0, 0.05) is 38.2 Å². The Hall–Kier alpha value is -7.63. The molecule has 11 aromatic rings. The van der Waals surface area contributed by atoms with Crippen molar-refractivity contribution in [3.05, 3.63) is 194 Å². The number of para-hydroxylation sites is 3. The summed E-state index contributed by atoms with van der Waals surface area (Å²) in [4.78, 5) is 14.9. The SMILES string of the molecule is [2H]c1c([2H])c([2H])c2c(oc3c([2H])c([2H])c(-c4ccc(-c5nc(-c6ccccc6)nc(-c6ccc(-c7ccccc7)cc6)n5)c(-n5c6c([2H])c([2H])c([2H])c([2H])c6c6c([2H])c([2H])c([2H])c([2H])c65)c4)c([2H])c32)c1[2H]. The Balaban J connectivity index is 1.28. The van der Waals surface area contributed by atoms with Crippen molar-refractivity contribution in [2.75, 3.05) is 0 Å². The molecule has 0 unspecified atom stereocenters. The summed E-state index contributed by atoms with van der Waals surface area (Å²) in [6.07, 6.45) is 0. The lowest BCUT2D eigenvalue weighted by Crippen LogP contribution is -2.04. The summed E-state index contributed by atoms with van der Waals surface area (Å²) in [5, 5.41) is -0.725. The molecule has 5 nitrogen and oxygen atoms in total. The highest BCUT2D eigenvalue weighted by Crippen LogP contribution is 2.39. The van der Waals surface area contributed by atoms with E-state index in [1.807, 2.05) is 84.9 Å². The van der Waals surface area contributed by atoms with Crippen molar-refractivity contribution in [3.63, 3.8) is 0 Å². The Kier molecular flexibility index (Phi) is 4.70. The predicted octanol–water partition coefficient (Wildman–Crippen LogP) is 13.2. The zero-order chi connectivity index (χ0) is 50.1. The minimum absolute atomic E-state index is 0.0162. The molecule has 3 heterocycles. The first-order valence-corrected chi connectivity index (χ1v) is 17.6. The number of nitrogens with zero attached hydrogens (tertiary/aromatic N) is 4. The first kappa shape index (κ1) is 20.2. The molecule has 8 aromatic carbocycles. The van der Waals surface area contributed by atoms with E-state index in [-0.39, 0.29) is 83.6 Å². The molecule has 0 saturated carbocycles. The van der Waals surface area contributed by atoms with Crippen LogP contribution in [0.3, 0.4) is 0 Å². The lowest BCUT2D eigenvalue weighted by atomic mass is 9.99. The fourth-order valence-electron chi connectivity index (χ4n) is 6.95. The Morgan fingerprint density at radius 1 is 0.411 bits per heavy atom. The monoisotopic (exact) mass is 731 g/mol. The summed E-state index contributed by atoms with van der Waals surface area (Å²) >= 11 is 0. The van der Waals surface area contributed by atoms with Crippen molar-refractivity contribution in [1.29, 1.82) is 0 Å². The van der Waals surface area contributed by atoms with Crippen molar-refractivity contribution in [2.45, 2.75) is 0 Å². The van der Waals surface area contributed by atoms with Crippen LogP contribution in [0.1, 0.15) is 20.6 Å². The van der Waals surface area contributed by atoms with E-state index in [9.17, 15) is 5.48 Å². The molecule has 3 aromatic heterocycles. The first-order chi connectivity index (χ1) is 34.0. The summed E-state index contributed by atoms with van der Waals surface area (Å²) in [5.74, 6) is 0.489. The molecular formula is C51H32N4O. The second-order valence-corrected chi connectivity index (χ2v) is 12.9. The van der Waals surface area contributed by atoms with E-state index < -0.39 is 90.6 Å². The van der Waals surface area contributed by atoms with E-state index in [1.54, 1.807) is 6.07 Å². The van der Waals surface area contributed by atoms with Crippen LogP contribution in [-0.4, -0.2) is 19.5 Å². The maximum atomic E-state index is 9.62. The van der Waals surface area contributed by atoms with Crippen LogP contribution in [0, 0.1) is 0 Å². The highest BCUT2D eigenvalue weighted by atomic mass is 16.3. The van der Waals surface area contributed by atoms with Crippen LogP contribution in [0.2, 0.25) is 0 Å². The van der Waals surface area contributed by atoms with Crippen LogP contribution in [-0.2, 0) is 0 Å². The third kappa shape index (κ3) is 5.37. The maximum absolute atomic E-state index is 9.62. The number of aromatic nitrogens is 4. The van der Waals surface area contributed by atoms with E-state index in [0.29, 0.717) is 11.1 Å². The van der Waals surface area contributed by atoms with Gasteiger partial charge in [0.1, 0.15) is 11.2 Å².